The van der Waals surface area contributed by atoms with Crippen molar-refractivity contribution < 1.29 is 24.3 Å². The fourth-order valence-electron chi connectivity index (χ4n) is 2.85. The summed E-state index contributed by atoms with van der Waals surface area (Å²) in [4.78, 5) is 50.5. The number of para-hydroxylation sites is 1. The quantitative estimate of drug-likeness (QED) is 0.729. The number of primary amides is 1. The molecule has 1 aliphatic rings. The zero-order valence-corrected chi connectivity index (χ0v) is 15.5. The third-order valence-electron chi connectivity index (χ3n) is 4.12. The van der Waals surface area contributed by atoms with Gasteiger partial charge in [0.15, 0.2) is 5.37 Å². The molecule has 0 bridgehead atoms. The smallest absolute Gasteiger partial charge is 0.335 e. The van der Waals surface area contributed by atoms with Crippen LogP contribution in [-0.2, 0) is 16.1 Å². The summed E-state index contributed by atoms with van der Waals surface area (Å²) in [5, 5.41) is 7.70. The van der Waals surface area contributed by atoms with Crippen molar-refractivity contribution in [3.05, 3.63) is 65.7 Å². The first-order valence-electron chi connectivity index (χ1n) is 8.31. The lowest BCUT2D eigenvalue weighted by molar-refractivity contribution is -0.127. The largest absolute Gasteiger partial charge is 0.478 e. The van der Waals surface area contributed by atoms with Crippen LogP contribution >= 0.6 is 11.8 Å². The van der Waals surface area contributed by atoms with E-state index >= 15 is 0 Å². The van der Waals surface area contributed by atoms with E-state index in [0.717, 1.165) is 16.7 Å². The molecule has 0 aliphatic carbocycles. The summed E-state index contributed by atoms with van der Waals surface area (Å²) in [6.45, 7) is -0.273. The highest BCUT2D eigenvalue weighted by Crippen LogP contribution is 2.33. The first-order chi connectivity index (χ1) is 13.4. The van der Waals surface area contributed by atoms with Crippen LogP contribution in [0.5, 0.6) is 0 Å². The lowest BCUT2D eigenvalue weighted by Crippen LogP contribution is -2.45. The third-order valence-corrected chi connectivity index (χ3v) is 5.22. The predicted octanol–water partition coefficient (Wildman–Crippen LogP) is 1.90. The second-order valence-electron chi connectivity index (χ2n) is 6.10. The molecule has 3 rings (SSSR count). The van der Waals surface area contributed by atoms with Crippen molar-refractivity contribution >= 4 is 40.5 Å². The zero-order chi connectivity index (χ0) is 20.3. The molecule has 28 heavy (non-hydrogen) atoms. The van der Waals surface area contributed by atoms with Crippen LogP contribution in [0, 0.1) is 0 Å². The van der Waals surface area contributed by atoms with Gasteiger partial charge in [0.1, 0.15) is 0 Å². The minimum Gasteiger partial charge on any atom is -0.478 e. The summed E-state index contributed by atoms with van der Waals surface area (Å²) in [5.41, 5.74) is 6.51. The SMILES string of the molecule is NC(=O)CN(c1ccccc1)[C@@H]1SC(=O)N(Cc2cccc(C(=O)O)c2)C1=O. The Bertz CT molecular complexity index is 934. The highest BCUT2D eigenvalue weighted by molar-refractivity contribution is 8.15. The highest BCUT2D eigenvalue weighted by Gasteiger charge is 2.43. The second kappa shape index (κ2) is 8.13. The number of hydrogen-bond acceptors (Lipinski definition) is 6. The maximum absolute atomic E-state index is 12.9. The Morgan fingerprint density at radius 2 is 1.82 bits per heavy atom. The maximum atomic E-state index is 12.9. The van der Waals surface area contributed by atoms with Gasteiger partial charge in [-0.1, -0.05) is 30.3 Å². The number of aromatic carboxylic acids is 1. The normalized spacial score (nSPS) is 16.3. The molecule has 1 saturated heterocycles. The van der Waals surface area contributed by atoms with Gasteiger partial charge in [-0.25, -0.2) is 4.79 Å². The molecule has 0 saturated carbocycles. The molecule has 3 N–H and O–H groups in total. The number of carbonyl (C=O) groups is 4. The summed E-state index contributed by atoms with van der Waals surface area (Å²) in [6, 6.07) is 14.8. The molecule has 0 unspecified atom stereocenters. The van der Waals surface area contributed by atoms with E-state index in [9.17, 15) is 19.2 Å². The van der Waals surface area contributed by atoms with E-state index in [1.807, 2.05) is 0 Å². The van der Waals surface area contributed by atoms with Crippen LogP contribution in [0.1, 0.15) is 15.9 Å². The number of carbonyl (C=O) groups excluding carboxylic acids is 3. The Morgan fingerprint density at radius 3 is 2.46 bits per heavy atom. The van der Waals surface area contributed by atoms with Gasteiger partial charge in [0, 0.05) is 5.69 Å². The summed E-state index contributed by atoms with van der Waals surface area (Å²) in [7, 11) is 0. The number of hydrogen-bond donors (Lipinski definition) is 2. The van der Waals surface area contributed by atoms with Crippen LogP contribution in [0.4, 0.5) is 10.5 Å². The van der Waals surface area contributed by atoms with E-state index in [2.05, 4.69) is 0 Å². The first-order valence-corrected chi connectivity index (χ1v) is 9.19. The molecule has 2 aromatic carbocycles. The number of imide groups is 1. The van der Waals surface area contributed by atoms with Gasteiger partial charge in [0.05, 0.1) is 18.7 Å². The molecular formula is C19H17N3O5S. The monoisotopic (exact) mass is 399 g/mol. The molecular weight excluding hydrogens is 382 g/mol. The molecule has 3 amide bonds. The lowest BCUT2D eigenvalue weighted by atomic mass is 10.1. The van der Waals surface area contributed by atoms with Gasteiger partial charge >= 0.3 is 5.97 Å². The number of nitrogens with zero attached hydrogens (tertiary/aromatic N) is 2. The van der Waals surface area contributed by atoms with Gasteiger partial charge < -0.3 is 15.7 Å². The topological polar surface area (TPSA) is 121 Å². The van der Waals surface area contributed by atoms with Crippen LogP contribution < -0.4 is 10.6 Å². The predicted molar refractivity (Wildman–Crippen MR) is 104 cm³/mol. The van der Waals surface area contributed by atoms with E-state index in [4.69, 9.17) is 10.8 Å². The third kappa shape index (κ3) is 4.15. The summed E-state index contributed by atoms with van der Waals surface area (Å²) < 4.78 is 0. The number of nitrogens with two attached hydrogens (primary N) is 1. The van der Waals surface area contributed by atoms with Crippen LogP contribution in [0.2, 0.25) is 0 Å². The minimum atomic E-state index is -1.09. The molecule has 0 spiro atoms. The second-order valence-corrected chi connectivity index (χ2v) is 7.13. The Hall–Kier alpha value is -3.33. The Labute approximate surface area is 164 Å². The number of anilines is 1. The number of carboxylic acid groups (broad SMARTS) is 1. The summed E-state index contributed by atoms with van der Waals surface area (Å²) >= 11 is 0.796. The number of amides is 3. The number of carboxylic acids is 1. The Morgan fingerprint density at radius 1 is 1.11 bits per heavy atom. The van der Waals surface area contributed by atoms with Gasteiger partial charge in [-0.15, -0.1) is 0 Å². The average molecular weight is 399 g/mol. The molecule has 0 aromatic heterocycles. The summed E-state index contributed by atoms with van der Waals surface area (Å²) in [6.07, 6.45) is 0. The van der Waals surface area contributed by atoms with Crippen molar-refractivity contribution in [1.82, 2.24) is 4.90 Å². The van der Waals surface area contributed by atoms with Crippen LogP contribution in [0.25, 0.3) is 0 Å². The number of rotatable bonds is 7. The van der Waals surface area contributed by atoms with E-state index in [0.29, 0.717) is 11.3 Å². The minimum absolute atomic E-state index is 0.0541. The zero-order valence-electron chi connectivity index (χ0n) is 14.6. The molecule has 0 radical (unpaired) electrons. The van der Waals surface area contributed by atoms with Gasteiger partial charge in [0.2, 0.25) is 5.91 Å². The van der Waals surface area contributed by atoms with E-state index in [1.165, 1.54) is 17.0 Å². The fourth-order valence-corrected chi connectivity index (χ4v) is 3.88. The molecule has 144 valence electrons. The van der Waals surface area contributed by atoms with Crippen molar-refractivity contribution in [3.8, 4) is 0 Å². The van der Waals surface area contributed by atoms with Crippen LogP contribution in [0.3, 0.4) is 0 Å². The Kier molecular flexibility index (Phi) is 5.65. The highest BCUT2D eigenvalue weighted by atomic mass is 32.2. The molecule has 8 nitrogen and oxygen atoms in total. The van der Waals surface area contributed by atoms with E-state index in [-0.39, 0.29) is 18.7 Å². The van der Waals surface area contributed by atoms with Crippen LogP contribution in [-0.4, -0.2) is 44.9 Å². The fraction of sp³-hybridized carbons (Fsp3) is 0.158. The molecule has 1 heterocycles. The lowest BCUT2D eigenvalue weighted by Gasteiger charge is -2.27. The standard InChI is InChI=1S/C19H17N3O5S/c20-15(23)11-21(14-7-2-1-3-8-14)17-16(24)22(19(27)28-17)10-12-5-4-6-13(9-12)18(25)26/h1-9,17H,10-11H2,(H2,20,23)(H,25,26)/t17-/m1/s1. The van der Waals surface area contributed by atoms with Gasteiger partial charge in [0.25, 0.3) is 11.1 Å². The average Bonchev–Trinajstić information content (AvgIpc) is 2.95. The number of thioether (sulfide) groups is 1. The first kappa shape index (κ1) is 19.4. The van der Waals surface area contributed by atoms with Gasteiger partial charge in [-0.3, -0.25) is 19.3 Å². The molecule has 1 aliphatic heterocycles. The Balaban J connectivity index is 1.84. The molecule has 1 fully saturated rings. The van der Waals surface area contributed by atoms with Crippen molar-refractivity contribution in [3.63, 3.8) is 0 Å². The van der Waals surface area contributed by atoms with Crippen LogP contribution in [0.15, 0.2) is 54.6 Å². The van der Waals surface area contributed by atoms with Crippen molar-refractivity contribution in [1.29, 1.82) is 0 Å². The molecule has 2 aromatic rings. The van der Waals surface area contributed by atoms with Crippen molar-refractivity contribution in [2.45, 2.75) is 11.9 Å². The van der Waals surface area contributed by atoms with Gasteiger partial charge in [-0.05, 0) is 41.6 Å². The van der Waals surface area contributed by atoms with Gasteiger partial charge in [-0.2, -0.15) is 0 Å². The van der Waals surface area contributed by atoms with E-state index in [1.54, 1.807) is 42.5 Å². The molecule has 1 atom stereocenters. The van der Waals surface area contributed by atoms with E-state index < -0.39 is 28.4 Å². The molecule has 9 heteroatoms. The van der Waals surface area contributed by atoms with Crippen molar-refractivity contribution in [2.75, 3.05) is 11.4 Å². The number of benzene rings is 2. The maximum Gasteiger partial charge on any atom is 0.335 e. The van der Waals surface area contributed by atoms with Crippen molar-refractivity contribution in [2.24, 2.45) is 5.73 Å². The summed E-state index contributed by atoms with van der Waals surface area (Å²) in [5.74, 6) is -2.21.